The Morgan fingerprint density at radius 1 is 1.27 bits per heavy atom. The molecule has 2 aliphatic rings. The Morgan fingerprint density at radius 3 is 3.00 bits per heavy atom. The number of Topliss-reactive ketones (excluding diaryl/α,β-unsaturated/α-hetero) is 1. The van der Waals surface area contributed by atoms with Crippen LogP contribution in [0.3, 0.4) is 0 Å². The normalized spacial score (nSPS) is 24.4. The molecule has 0 spiro atoms. The third kappa shape index (κ3) is 2.37. The van der Waals surface area contributed by atoms with Gasteiger partial charge in [0.1, 0.15) is 23.9 Å². The predicted molar refractivity (Wildman–Crippen MR) is 95.9 cm³/mol. The predicted octanol–water partition coefficient (Wildman–Crippen LogP) is 3.80. The van der Waals surface area contributed by atoms with Crippen LogP contribution in [-0.4, -0.2) is 20.5 Å². The van der Waals surface area contributed by atoms with E-state index in [2.05, 4.69) is 21.5 Å². The maximum Gasteiger partial charge on any atom is 0.226 e. The lowest BCUT2D eigenvalue weighted by molar-refractivity contribution is -0.123. The molecule has 0 fully saturated rings. The van der Waals surface area contributed by atoms with Crippen LogP contribution in [0.25, 0.3) is 0 Å². The van der Waals surface area contributed by atoms with Crippen molar-refractivity contribution in [3.05, 3.63) is 77.1 Å². The molecular formula is C19H15ClN4O2. The van der Waals surface area contributed by atoms with Crippen LogP contribution in [0, 0.1) is 5.92 Å². The molecule has 130 valence electrons. The van der Waals surface area contributed by atoms with Gasteiger partial charge in [-0.05, 0) is 29.8 Å². The molecule has 1 aliphatic carbocycles. The van der Waals surface area contributed by atoms with Gasteiger partial charge in [0.15, 0.2) is 0 Å². The fourth-order valence-electron chi connectivity index (χ4n) is 3.87. The number of hydrogen-bond acceptors (Lipinski definition) is 5. The number of rotatable bonds is 2. The van der Waals surface area contributed by atoms with Crippen LogP contribution in [0.1, 0.15) is 29.7 Å². The number of carbonyl (C=O) groups excluding carboxylic acids is 1. The van der Waals surface area contributed by atoms with Crippen molar-refractivity contribution in [1.29, 1.82) is 0 Å². The third-order valence-corrected chi connectivity index (χ3v) is 5.24. The summed E-state index contributed by atoms with van der Waals surface area (Å²) in [6, 6.07) is 11.0. The van der Waals surface area contributed by atoms with E-state index in [9.17, 15) is 4.79 Å². The summed E-state index contributed by atoms with van der Waals surface area (Å²) in [5, 5.41) is 8.23. The topological polar surface area (TPSA) is 73.0 Å². The molecule has 3 atom stereocenters. The lowest BCUT2D eigenvalue weighted by atomic mass is 9.77. The van der Waals surface area contributed by atoms with Crippen LogP contribution >= 0.6 is 11.6 Å². The molecule has 0 saturated heterocycles. The summed E-state index contributed by atoms with van der Waals surface area (Å²) in [4.78, 5) is 17.4. The second kappa shape index (κ2) is 5.85. The van der Waals surface area contributed by atoms with Gasteiger partial charge in [-0.2, -0.15) is 10.1 Å². The van der Waals surface area contributed by atoms with Crippen LogP contribution in [0.15, 0.2) is 65.2 Å². The molecule has 26 heavy (non-hydrogen) atoms. The molecule has 2 aromatic heterocycles. The standard InChI is InChI=1S/C19H15ClN4O2/c20-13-4-1-3-11(7-13)12-8-14-17(15(25)9-12)18(16-5-2-6-26-16)24-19(23-14)21-10-22-24/h1-8,10,12,17-18H,9H2,(H,21,22,23)/t12-,17-,18-/m0/s1. The van der Waals surface area contributed by atoms with E-state index in [-0.39, 0.29) is 23.7 Å². The Hall–Kier alpha value is -2.86. The zero-order chi connectivity index (χ0) is 17.7. The van der Waals surface area contributed by atoms with Gasteiger partial charge in [-0.1, -0.05) is 29.8 Å². The van der Waals surface area contributed by atoms with Crippen molar-refractivity contribution in [3.63, 3.8) is 0 Å². The highest BCUT2D eigenvalue weighted by Gasteiger charge is 2.44. The maximum absolute atomic E-state index is 13.1. The van der Waals surface area contributed by atoms with Gasteiger partial charge in [-0.25, -0.2) is 4.68 Å². The van der Waals surface area contributed by atoms with Gasteiger partial charge in [-0.15, -0.1) is 0 Å². The molecule has 1 N–H and O–H groups in total. The summed E-state index contributed by atoms with van der Waals surface area (Å²) in [7, 11) is 0. The molecule has 3 heterocycles. The summed E-state index contributed by atoms with van der Waals surface area (Å²) >= 11 is 6.13. The Balaban J connectivity index is 1.61. The highest BCUT2D eigenvalue weighted by atomic mass is 35.5. The fraction of sp³-hybridized carbons (Fsp3) is 0.211. The molecule has 3 aromatic rings. The van der Waals surface area contributed by atoms with Gasteiger partial charge in [-0.3, -0.25) is 4.79 Å². The number of nitrogens with one attached hydrogen (secondary N) is 1. The van der Waals surface area contributed by atoms with Crippen molar-refractivity contribution < 1.29 is 9.21 Å². The molecule has 0 unspecified atom stereocenters. The van der Waals surface area contributed by atoms with E-state index in [4.69, 9.17) is 16.0 Å². The average Bonchev–Trinajstić information content (AvgIpc) is 3.31. The fourth-order valence-corrected chi connectivity index (χ4v) is 4.07. The van der Waals surface area contributed by atoms with E-state index in [0.29, 0.717) is 23.2 Å². The lowest BCUT2D eigenvalue weighted by Gasteiger charge is -2.36. The lowest BCUT2D eigenvalue weighted by Crippen LogP contribution is -2.39. The van der Waals surface area contributed by atoms with Crippen molar-refractivity contribution in [1.82, 2.24) is 14.8 Å². The first kappa shape index (κ1) is 15.4. The van der Waals surface area contributed by atoms with Crippen LogP contribution in [0.5, 0.6) is 0 Å². The van der Waals surface area contributed by atoms with E-state index in [1.165, 1.54) is 6.33 Å². The Morgan fingerprint density at radius 2 is 2.19 bits per heavy atom. The number of fused-ring (bicyclic) bond motifs is 2. The van der Waals surface area contributed by atoms with E-state index < -0.39 is 0 Å². The molecular weight excluding hydrogens is 352 g/mol. The quantitative estimate of drug-likeness (QED) is 0.746. The molecule has 5 rings (SSSR count). The minimum absolute atomic E-state index is 0.0216. The molecule has 0 radical (unpaired) electrons. The van der Waals surface area contributed by atoms with E-state index >= 15 is 0 Å². The molecule has 7 heteroatoms. The van der Waals surface area contributed by atoms with Crippen molar-refractivity contribution >= 4 is 23.3 Å². The second-order valence-electron chi connectivity index (χ2n) is 6.55. The van der Waals surface area contributed by atoms with Crippen LogP contribution in [0.2, 0.25) is 5.02 Å². The van der Waals surface area contributed by atoms with Gasteiger partial charge in [0.2, 0.25) is 5.95 Å². The van der Waals surface area contributed by atoms with Crippen LogP contribution < -0.4 is 5.32 Å². The van der Waals surface area contributed by atoms with E-state index in [1.807, 2.05) is 36.4 Å². The SMILES string of the molecule is O=C1C[C@@H](c2cccc(Cl)c2)C=C2Nc3ncnn3[C@@H](c3ccco3)[C@H]12. The van der Waals surface area contributed by atoms with Crippen molar-refractivity contribution in [2.45, 2.75) is 18.4 Å². The number of carbonyl (C=O) groups is 1. The van der Waals surface area contributed by atoms with Gasteiger partial charge in [0.25, 0.3) is 0 Å². The molecule has 0 bridgehead atoms. The van der Waals surface area contributed by atoms with Crippen molar-refractivity contribution in [3.8, 4) is 0 Å². The number of furan rings is 1. The minimum atomic E-state index is -0.370. The number of hydrogen-bond donors (Lipinski definition) is 1. The van der Waals surface area contributed by atoms with Gasteiger partial charge in [0, 0.05) is 23.1 Å². The number of halogens is 1. The van der Waals surface area contributed by atoms with Gasteiger partial charge in [0.05, 0.1) is 12.2 Å². The first-order chi connectivity index (χ1) is 12.7. The zero-order valence-electron chi connectivity index (χ0n) is 13.7. The Kier molecular flexibility index (Phi) is 3.46. The van der Waals surface area contributed by atoms with Crippen LogP contribution in [0.4, 0.5) is 5.95 Å². The first-order valence-corrected chi connectivity index (χ1v) is 8.78. The number of allylic oxidation sites excluding steroid dienone is 2. The molecule has 0 saturated carbocycles. The number of aromatic nitrogens is 3. The van der Waals surface area contributed by atoms with E-state index in [1.54, 1.807) is 10.9 Å². The number of benzene rings is 1. The largest absolute Gasteiger partial charge is 0.467 e. The molecule has 1 aromatic carbocycles. The summed E-state index contributed by atoms with van der Waals surface area (Å²) in [6.45, 7) is 0. The van der Waals surface area contributed by atoms with Crippen molar-refractivity contribution in [2.24, 2.45) is 5.92 Å². The average molecular weight is 367 g/mol. The number of anilines is 1. The highest BCUT2D eigenvalue weighted by molar-refractivity contribution is 6.30. The summed E-state index contributed by atoms with van der Waals surface area (Å²) in [5.41, 5.74) is 1.87. The Labute approximate surface area is 154 Å². The molecule has 1 aliphatic heterocycles. The van der Waals surface area contributed by atoms with Crippen LogP contribution in [-0.2, 0) is 4.79 Å². The van der Waals surface area contributed by atoms with Gasteiger partial charge < -0.3 is 9.73 Å². The number of ketones is 1. The summed E-state index contributed by atoms with van der Waals surface area (Å²) in [5.74, 6) is 1.05. The van der Waals surface area contributed by atoms with E-state index in [0.717, 1.165) is 11.3 Å². The highest BCUT2D eigenvalue weighted by Crippen LogP contribution is 2.44. The first-order valence-electron chi connectivity index (χ1n) is 8.40. The second-order valence-corrected chi connectivity index (χ2v) is 6.98. The molecule has 6 nitrogen and oxygen atoms in total. The molecule has 0 amide bonds. The summed E-state index contributed by atoms with van der Waals surface area (Å²) < 4.78 is 7.33. The van der Waals surface area contributed by atoms with Gasteiger partial charge >= 0.3 is 0 Å². The smallest absolute Gasteiger partial charge is 0.226 e. The minimum Gasteiger partial charge on any atom is -0.467 e. The zero-order valence-corrected chi connectivity index (χ0v) is 14.4. The Bertz CT molecular complexity index is 1010. The van der Waals surface area contributed by atoms with Crippen molar-refractivity contribution in [2.75, 3.05) is 5.32 Å². The maximum atomic E-state index is 13.1. The third-order valence-electron chi connectivity index (χ3n) is 5.00. The number of nitrogens with zero attached hydrogens (tertiary/aromatic N) is 3. The monoisotopic (exact) mass is 366 g/mol. The summed E-state index contributed by atoms with van der Waals surface area (Å²) in [6.07, 6.45) is 5.61.